The fourth-order valence-corrected chi connectivity index (χ4v) is 7.18. The molecule has 1 amide bonds. The fourth-order valence-electron chi connectivity index (χ4n) is 5.73. The molecular formula is C34H50N6O8S. The Morgan fingerprint density at radius 1 is 1.10 bits per heavy atom. The summed E-state index contributed by atoms with van der Waals surface area (Å²) < 4.78 is 47.4. The predicted molar refractivity (Wildman–Crippen MR) is 186 cm³/mol. The van der Waals surface area contributed by atoms with Gasteiger partial charge in [0.1, 0.15) is 35.3 Å². The molecule has 15 heteroatoms. The third-order valence-electron chi connectivity index (χ3n) is 8.14. The summed E-state index contributed by atoms with van der Waals surface area (Å²) in [5.41, 5.74) is 1.35. The second kappa shape index (κ2) is 15.7. The zero-order valence-electron chi connectivity index (χ0n) is 29.8. The van der Waals surface area contributed by atoms with Crippen molar-refractivity contribution >= 4 is 33.1 Å². The number of piperazine rings is 1. The van der Waals surface area contributed by atoms with Gasteiger partial charge in [0.25, 0.3) is 5.56 Å². The molecule has 2 aromatic heterocycles. The molecule has 1 aliphatic heterocycles. The molecule has 1 atom stereocenters. The van der Waals surface area contributed by atoms with Gasteiger partial charge in [-0.3, -0.25) is 9.69 Å². The Labute approximate surface area is 288 Å². The molecule has 49 heavy (non-hydrogen) atoms. The van der Waals surface area contributed by atoms with Gasteiger partial charge in [-0.15, -0.1) is 0 Å². The average molecular weight is 703 g/mol. The number of fused-ring (bicyclic) bond motifs is 1. The number of rotatable bonds is 13. The van der Waals surface area contributed by atoms with Gasteiger partial charge < -0.3 is 29.1 Å². The fraction of sp³-hybridized carbons (Fsp3) is 0.588. The van der Waals surface area contributed by atoms with E-state index >= 15 is 0 Å². The monoisotopic (exact) mass is 702 g/mol. The lowest BCUT2D eigenvalue weighted by atomic mass is 10.1. The first-order valence-corrected chi connectivity index (χ1v) is 18.2. The van der Waals surface area contributed by atoms with Crippen LogP contribution in [0.4, 0.5) is 4.79 Å². The van der Waals surface area contributed by atoms with Gasteiger partial charge >= 0.3 is 12.1 Å². The highest BCUT2D eigenvalue weighted by molar-refractivity contribution is 7.89. The van der Waals surface area contributed by atoms with Gasteiger partial charge in [-0.05, 0) is 63.8 Å². The van der Waals surface area contributed by atoms with Gasteiger partial charge in [-0.1, -0.05) is 27.2 Å². The van der Waals surface area contributed by atoms with Crippen LogP contribution >= 0.6 is 0 Å². The number of carbonyl (C=O) groups is 2. The number of nitrogens with one attached hydrogen (secondary N) is 2. The summed E-state index contributed by atoms with van der Waals surface area (Å²) in [5, 5.41) is 2.59. The van der Waals surface area contributed by atoms with Crippen molar-refractivity contribution in [1.29, 1.82) is 0 Å². The van der Waals surface area contributed by atoms with Crippen LogP contribution in [0.15, 0.2) is 34.1 Å². The maximum Gasteiger partial charge on any atom is 0.408 e. The molecule has 0 saturated carbocycles. The first kappa shape index (κ1) is 37.9. The van der Waals surface area contributed by atoms with Crippen LogP contribution in [0.1, 0.15) is 60.5 Å². The molecule has 1 saturated heterocycles. The zero-order valence-corrected chi connectivity index (χ0v) is 30.6. The summed E-state index contributed by atoms with van der Waals surface area (Å²) in [5.74, 6) is -0.121. The quantitative estimate of drug-likeness (QED) is 0.251. The van der Waals surface area contributed by atoms with E-state index in [4.69, 9.17) is 19.2 Å². The maximum atomic E-state index is 13.8. The van der Waals surface area contributed by atoms with Crippen LogP contribution < -0.4 is 15.6 Å². The van der Waals surface area contributed by atoms with Crippen LogP contribution in [0.5, 0.6) is 5.75 Å². The van der Waals surface area contributed by atoms with E-state index in [-0.39, 0.29) is 41.9 Å². The van der Waals surface area contributed by atoms with Gasteiger partial charge in [0, 0.05) is 46.0 Å². The van der Waals surface area contributed by atoms with E-state index in [1.807, 2.05) is 18.0 Å². The Hall–Kier alpha value is -3.95. The van der Waals surface area contributed by atoms with Crippen LogP contribution in [-0.4, -0.2) is 102 Å². The Morgan fingerprint density at radius 3 is 2.41 bits per heavy atom. The van der Waals surface area contributed by atoms with E-state index in [1.54, 1.807) is 52.3 Å². The smallest absolute Gasteiger partial charge is 0.408 e. The van der Waals surface area contributed by atoms with Crippen LogP contribution in [-0.2, 0) is 37.8 Å². The van der Waals surface area contributed by atoms with Crippen LogP contribution in [0.25, 0.3) is 22.4 Å². The number of aryl methyl sites for hydroxylation is 2. The molecule has 0 spiro atoms. The number of H-pyrrole nitrogens is 1. The van der Waals surface area contributed by atoms with Crippen molar-refractivity contribution in [2.45, 2.75) is 77.8 Å². The van der Waals surface area contributed by atoms with Gasteiger partial charge in [-0.2, -0.15) is 4.31 Å². The molecule has 1 aliphatic rings. The Kier molecular flexibility index (Phi) is 12.2. The van der Waals surface area contributed by atoms with E-state index in [9.17, 15) is 22.8 Å². The second-order valence-corrected chi connectivity index (χ2v) is 15.4. The third kappa shape index (κ3) is 9.19. The summed E-state index contributed by atoms with van der Waals surface area (Å²) in [6, 6.07) is 3.75. The maximum absolute atomic E-state index is 13.8. The molecule has 0 unspecified atom stereocenters. The van der Waals surface area contributed by atoms with Crippen molar-refractivity contribution in [3.63, 3.8) is 0 Å². The summed E-state index contributed by atoms with van der Waals surface area (Å²) in [6.07, 6.45) is 2.84. The minimum absolute atomic E-state index is 0.0649. The summed E-state index contributed by atoms with van der Waals surface area (Å²) in [4.78, 5) is 47.9. The molecule has 0 radical (unpaired) electrons. The number of aromatic nitrogens is 3. The van der Waals surface area contributed by atoms with Crippen molar-refractivity contribution in [2.75, 3.05) is 45.9 Å². The van der Waals surface area contributed by atoms with Crippen LogP contribution in [0.2, 0.25) is 0 Å². The second-order valence-electron chi connectivity index (χ2n) is 13.5. The predicted octanol–water partition coefficient (Wildman–Crippen LogP) is 3.68. The minimum atomic E-state index is -3.90. The molecular weight excluding hydrogens is 652 g/mol. The Morgan fingerprint density at radius 2 is 1.80 bits per heavy atom. The number of alkyl carbamates (subject to hydrolysis) is 1. The number of amides is 1. The standard InChI is InChI=1S/C34H50N6O8S/c1-9-11-23-21-38(8)29-28(23)35-30(37-31(29)41)25-20-24(12-13-26(25)46-10-2)49(44,45)40-16-14-39(15-17-40)18-19-47-32(42)27(22(3)4)36-33(43)48-34(5,6)7/h12-13,20-22,27H,9-11,14-19H2,1-8H3,(H,36,43)(H,35,37,41)/t27-/m0/s1. The van der Waals surface area contributed by atoms with E-state index in [0.29, 0.717) is 48.6 Å². The first-order valence-electron chi connectivity index (χ1n) is 16.8. The number of nitrogens with zero attached hydrogens (tertiary/aromatic N) is 4. The van der Waals surface area contributed by atoms with E-state index in [2.05, 4.69) is 17.2 Å². The molecule has 14 nitrogen and oxygen atoms in total. The molecule has 0 bridgehead atoms. The van der Waals surface area contributed by atoms with Gasteiger partial charge in [0.05, 0.1) is 22.6 Å². The van der Waals surface area contributed by atoms with Crippen molar-refractivity contribution < 1.29 is 32.2 Å². The number of sulfonamides is 1. The Balaban J connectivity index is 1.43. The first-order chi connectivity index (χ1) is 23.0. The summed E-state index contributed by atoms with van der Waals surface area (Å²) in [7, 11) is -2.10. The SMILES string of the molecule is CCCc1cn(C)c2c(=O)[nH]c(-c3cc(S(=O)(=O)N4CCN(CCOC(=O)[C@@H](NC(=O)OC(C)(C)C)C(C)C)CC4)ccc3OCC)nc12. The van der Waals surface area contributed by atoms with Crippen molar-refractivity contribution in [2.24, 2.45) is 13.0 Å². The third-order valence-corrected chi connectivity index (χ3v) is 10.0. The number of esters is 1. The van der Waals surface area contributed by atoms with Gasteiger partial charge in [0.2, 0.25) is 10.0 Å². The molecule has 2 N–H and O–H groups in total. The topological polar surface area (TPSA) is 165 Å². The lowest BCUT2D eigenvalue weighted by molar-refractivity contribution is -0.147. The number of benzene rings is 1. The molecule has 1 fully saturated rings. The molecule has 3 aromatic rings. The molecule has 270 valence electrons. The lowest BCUT2D eigenvalue weighted by Crippen LogP contribution is -2.50. The van der Waals surface area contributed by atoms with E-state index in [0.717, 1.165) is 18.4 Å². The normalized spacial score (nSPS) is 15.4. The summed E-state index contributed by atoms with van der Waals surface area (Å²) >= 11 is 0. The average Bonchev–Trinajstić information content (AvgIpc) is 3.34. The highest BCUT2D eigenvalue weighted by Gasteiger charge is 2.31. The number of carbonyl (C=O) groups excluding carboxylic acids is 2. The van der Waals surface area contributed by atoms with Crippen LogP contribution in [0, 0.1) is 5.92 Å². The lowest BCUT2D eigenvalue weighted by Gasteiger charge is -2.34. The number of ether oxygens (including phenoxy) is 3. The molecule has 3 heterocycles. The van der Waals surface area contributed by atoms with Crippen molar-refractivity contribution in [1.82, 2.24) is 29.1 Å². The highest BCUT2D eigenvalue weighted by Crippen LogP contribution is 2.32. The number of hydrogen-bond acceptors (Lipinski definition) is 10. The largest absolute Gasteiger partial charge is 0.493 e. The van der Waals surface area contributed by atoms with E-state index in [1.165, 1.54) is 16.4 Å². The van der Waals surface area contributed by atoms with E-state index < -0.39 is 33.7 Å². The zero-order chi connectivity index (χ0) is 36.1. The molecule has 4 rings (SSSR count). The van der Waals surface area contributed by atoms with Crippen molar-refractivity contribution in [3.05, 3.63) is 40.3 Å². The van der Waals surface area contributed by atoms with Crippen molar-refractivity contribution in [3.8, 4) is 17.1 Å². The molecule has 0 aliphatic carbocycles. The van der Waals surface area contributed by atoms with Gasteiger partial charge in [0.15, 0.2) is 0 Å². The number of aromatic amines is 1. The summed E-state index contributed by atoms with van der Waals surface area (Å²) in [6.45, 7) is 14.9. The minimum Gasteiger partial charge on any atom is -0.493 e. The van der Waals surface area contributed by atoms with Gasteiger partial charge in [-0.25, -0.2) is 23.0 Å². The van der Waals surface area contributed by atoms with Crippen LogP contribution in [0.3, 0.4) is 0 Å². The number of hydrogen-bond donors (Lipinski definition) is 2. The molecule has 1 aromatic carbocycles. The highest BCUT2D eigenvalue weighted by atomic mass is 32.2. The Bertz CT molecular complexity index is 1800.